The molecule has 3 rings (SSSR count). The number of fused-ring (bicyclic) bond motifs is 1. The first-order valence-corrected chi connectivity index (χ1v) is 7.67. The van der Waals surface area contributed by atoms with E-state index in [0.717, 1.165) is 17.1 Å². The van der Waals surface area contributed by atoms with Crippen LogP contribution in [0.5, 0.6) is 11.5 Å². The Morgan fingerprint density at radius 3 is 2.74 bits per heavy atom. The minimum absolute atomic E-state index is 0.151. The van der Waals surface area contributed by atoms with Crippen LogP contribution in [-0.4, -0.2) is 12.6 Å². The first-order chi connectivity index (χ1) is 11.1. The monoisotopic (exact) mass is 349 g/mol. The van der Waals surface area contributed by atoms with Crippen molar-refractivity contribution in [3.63, 3.8) is 0 Å². The van der Waals surface area contributed by atoms with E-state index in [-0.39, 0.29) is 12.6 Å². The summed E-state index contributed by atoms with van der Waals surface area (Å²) in [5, 5.41) is 3.85. The molecular formula is C17H13Cl2NO3. The molecule has 0 saturated heterocycles. The molecule has 0 radical (unpaired) electrons. The second kappa shape index (κ2) is 6.94. The van der Waals surface area contributed by atoms with Gasteiger partial charge in [-0.1, -0.05) is 29.3 Å². The molecule has 0 bridgehead atoms. The first-order valence-electron chi connectivity index (χ1n) is 6.91. The first kappa shape index (κ1) is 15.7. The van der Waals surface area contributed by atoms with Crippen molar-refractivity contribution in [2.45, 2.75) is 6.54 Å². The minimum atomic E-state index is -0.151. The molecule has 0 aliphatic carbocycles. The van der Waals surface area contributed by atoms with Crippen molar-refractivity contribution >= 4 is 29.0 Å². The van der Waals surface area contributed by atoms with Gasteiger partial charge in [-0.15, -0.1) is 0 Å². The fourth-order valence-corrected chi connectivity index (χ4v) is 2.41. The van der Waals surface area contributed by atoms with Crippen molar-refractivity contribution in [3.05, 3.63) is 69.8 Å². The summed E-state index contributed by atoms with van der Waals surface area (Å²) in [7, 11) is 0. The molecule has 4 nitrogen and oxygen atoms in total. The van der Waals surface area contributed by atoms with E-state index in [2.05, 4.69) is 5.32 Å². The zero-order valence-corrected chi connectivity index (χ0v) is 13.5. The van der Waals surface area contributed by atoms with Gasteiger partial charge in [-0.2, -0.15) is 0 Å². The Bertz CT molecular complexity index is 774. The Hall–Kier alpha value is -2.17. The molecule has 0 aromatic heterocycles. The smallest absolute Gasteiger partial charge is 0.231 e. The highest BCUT2D eigenvalue weighted by Gasteiger charge is 2.12. The Labute approximate surface area is 143 Å². The average molecular weight is 350 g/mol. The van der Waals surface area contributed by atoms with Crippen LogP contribution in [0.15, 0.2) is 48.7 Å². The highest BCUT2D eigenvalue weighted by molar-refractivity contribution is 6.42. The third-order valence-corrected chi connectivity index (χ3v) is 4.04. The molecule has 1 N–H and O–H groups in total. The maximum absolute atomic E-state index is 12.0. The predicted molar refractivity (Wildman–Crippen MR) is 89.3 cm³/mol. The molecule has 2 aromatic carbocycles. The predicted octanol–water partition coefficient (Wildman–Crippen LogP) is 4.21. The number of ketones is 1. The third kappa shape index (κ3) is 3.78. The number of hydrogen-bond acceptors (Lipinski definition) is 4. The van der Waals surface area contributed by atoms with Crippen molar-refractivity contribution in [3.8, 4) is 11.5 Å². The normalized spacial score (nSPS) is 12.6. The maximum Gasteiger partial charge on any atom is 0.231 e. The van der Waals surface area contributed by atoms with Gasteiger partial charge in [-0.05, 0) is 35.9 Å². The summed E-state index contributed by atoms with van der Waals surface area (Å²) in [6.07, 6.45) is 3.06. The summed E-state index contributed by atoms with van der Waals surface area (Å²) in [6, 6.07) is 10.5. The quantitative estimate of drug-likeness (QED) is 0.648. The number of carbonyl (C=O) groups is 1. The molecule has 0 saturated carbocycles. The van der Waals surface area contributed by atoms with Crippen LogP contribution in [-0.2, 0) is 6.54 Å². The molecule has 118 valence electrons. The highest BCUT2D eigenvalue weighted by atomic mass is 35.5. The molecule has 1 aliphatic heterocycles. The largest absolute Gasteiger partial charge is 0.454 e. The summed E-state index contributed by atoms with van der Waals surface area (Å²) in [6.45, 7) is 0.825. The van der Waals surface area contributed by atoms with Crippen molar-refractivity contribution in [1.29, 1.82) is 0 Å². The van der Waals surface area contributed by atoms with Gasteiger partial charge in [0.2, 0.25) is 6.79 Å². The van der Waals surface area contributed by atoms with Crippen molar-refractivity contribution in [2.75, 3.05) is 6.79 Å². The summed E-state index contributed by atoms with van der Waals surface area (Å²) < 4.78 is 10.6. The highest BCUT2D eigenvalue weighted by Crippen LogP contribution is 2.32. The molecule has 6 heteroatoms. The zero-order chi connectivity index (χ0) is 16.2. The molecule has 0 spiro atoms. The van der Waals surface area contributed by atoms with Crippen LogP contribution in [0.1, 0.15) is 15.9 Å². The second-order valence-electron chi connectivity index (χ2n) is 4.89. The number of benzene rings is 2. The number of halogens is 2. The lowest BCUT2D eigenvalue weighted by Gasteiger charge is -2.03. The summed E-state index contributed by atoms with van der Waals surface area (Å²) >= 11 is 11.7. The van der Waals surface area contributed by atoms with E-state index in [0.29, 0.717) is 22.2 Å². The number of ether oxygens (including phenoxy) is 2. The molecule has 23 heavy (non-hydrogen) atoms. The third-order valence-electron chi connectivity index (χ3n) is 3.30. The van der Waals surface area contributed by atoms with E-state index in [9.17, 15) is 4.79 Å². The van der Waals surface area contributed by atoms with Gasteiger partial charge < -0.3 is 14.8 Å². The number of allylic oxidation sites excluding steroid dienone is 1. The van der Waals surface area contributed by atoms with Crippen molar-refractivity contribution in [2.24, 2.45) is 0 Å². The van der Waals surface area contributed by atoms with E-state index in [4.69, 9.17) is 32.7 Å². The number of hydrogen-bond donors (Lipinski definition) is 1. The van der Waals surface area contributed by atoms with Gasteiger partial charge in [0.15, 0.2) is 17.3 Å². The summed E-state index contributed by atoms with van der Waals surface area (Å²) in [5.74, 6) is 1.33. The van der Waals surface area contributed by atoms with Crippen molar-refractivity contribution in [1.82, 2.24) is 5.32 Å². The van der Waals surface area contributed by atoms with E-state index in [1.807, 2.05) is 18.2 Å². The standard InChI is InChI=1S/C17H13Cl2NO3/c18-13-3-2-12(8-14(13)19)15(21)5-6-20-9-11-1-4-16-17(7-11)23-10-22-16/h1-8,20H,9-10H2. The van der Waals surface area contributed by atoms with Crippen LogP contribution in [0, 0.1) is 0 Å². The minimum Gasteiger partial charge on any atom is -0.454 e. The lowest BCUT2D eigenvalue weighted by Crippen LogP contribution is -2.06. The average Bonchev–Trinajstić information content (AvgIpc) is 3.01. The van der Waals surface area contributed by atoms with Gasteiger partial charge in [0, 0.05) is 24.4 Å². The Morgan fingerprint density at radius 1 is 1.09 bits per heavy atom. The van der Waals surface area contributed by atoms with Gasteiger partial charge in [-0.25, -0.2) is 0 Å². The van der Waals surface area contributed by atoms with Crippen LogP contribution >= 0.6 is 23.2 Å². The van der Waals surface area contributed by atoms with E-state index >= 15 is 0 Å². The van der Waals surface area contributed by atoms with E-state index in [1.54, 1.807) is 24.4 Å². The van der Waals surface area contributed by atoms with Crippen LogP contribution in [0.3, 0.4) is 0 Å². The van der Waals surface area contributed by atoms with Crippen LogP contribution in [0.4, 0.5) is 0 Å². The number of rotatable bonds is 5. The Morgan fingerprint density at radius 2 is 1.91 bits per heavy atom. The van der Waals surface area contributed by atoms with E-state index in [1.165, 1.54) is 6.08 Å². The molecular weight excluding hydrogens is 337 g/mol. The topological polar surface area (TPSA) is 47.6 Å². The molecule has 1 heterocycles. The molecule has 0 amide bonds. The molecule has 0 atom stereocenters. The Kier molecular flexibility index (Phi) is 4.74. The van der Waals surface area contributed by atoms with Crippen LogP contribution < -0.4 is 14.8 Å². The SMILES string of the molecule is O=C(C=CNCc1ccc2c(c1)OCO2)c1ccc(Cl)c(Cl)c1. The number of carbonyl (C=O) groups excluding carboxylic acids is 1. The lowest BCUT2D eigenvalue weighted by atomic mass is 10.1. The van der Waals surface area contributed by atoms with Gasteiger partial charge in [0.1, 0.15) is 0 Å². The van der Waals surface area contributed by atoms with E-state index < -0.39 is 0 Å². The molecule has 0 fully saturated rings. The molecule has 2 aromatic rings. The fourth-order valence-electron chi connectivity index (χ4n) is 2.11. The Balaban J connectivity index is 1.56. The molecule has 0 unspecified atom stereocenters. The summed E-state index contributed by atoms with van der Waals surface area (Å²) in [4.78, 5) is 12.0. The van der Waals surface area contributed by atoms with Gasteiger partial charge in [0.05, 0.1) is 10.0 Å². The lowest BCUT2D eigenvalue weighted by molar-refractivity contribution is 0.104. The van der Waals surface area contributed by atoms with Crippen molar-refractivity contribution < 1.29 is 14.3 Å². The fraction of sp³-hybridized carbons (Fsp3) is 0.118. The maximum atomic E-state index is 12.0. The summed E-state index contributed by atoms with van der Waals surface area (Å²) in [5.41, 5.74) is 1.52. The zero-order valence-electron chi connectivity index (χ0n) is 12.0. The van der Waals surface area contributed by atoms with Gasteiger partial charge in [-0.3, -0.25) is 4.79 Å². The molecule has 1 aliphatic rings. The van der Waals surface area contributed by atoms with Crippen LogP contribution in [0.2, 0.25) is 10.0 Å². The van der Waals surface area contributed by atoms with Crippen LogP contribution in [0.25, 0.3) is 0 Å². The van der Waals surface area contributed by atoms with Gasteiger partial charge >= 0.3 is 0 Å². The second-order valence-corrected chi connectivity index (χ2v) is 5.71. The number of nitrogens with one attached hydrogen (secondary N) is 1. The van der Waals surface area contributed by atoms with Gasteiger partial charge in [0.25, 0.3) is 0 Å².